The van der Waals surface area contributed by atoms with Gasteiger partial charge in [-0.15, -0.1) is 5.10 Å². The van der Waals surface area contributed by atoms with Crippen molar-refractivity contribution < 1.29 is 13.9 Å². The molecule has 0 spiro atoms. The molecule has 0 fully saturated rings. The Morgan fingerprint density at radius 1 is 1.62 bits per heavy atom. The molecule has 0 aromatic carbocycles. The smallest absolute Gasteiger partial charge is 0.404 e. The molecule has 0 saturated heterocycles. The quantitative estimate of drug-likeness (QED) is 0.581. The maximum atomic E-state index is 10.3. The number of hydrogen-bond acceptors (Lipinski definition) is 7. The number of carbonyl (C=O) groups is 1. The number of hydrogen-bond donors (Lipinski definition) is 3. The zero-order valence-electron chi connectivity index (χ0n) is 9.19. The summed E-state index contributed by atoms with van der Waals surface area (Å²) in [7, 11) is 1.79. The Morgan fingerprint density at radius 3 is 3.00 bits per heavy atom. The summed E-state index contributed by atoms with van der Waals surface area (Å²) in [4.78, 5) is 10.3. The summed E-state index contributed by atoms with van der Waals surface area (Å²) in [5.41, 5.74) is 4.79. The van der Waals surface area contributed by atoms with Crippen LogP contribution in [0.15, 0.2) is 4.42 Å². The number of anilines is 1. The van der Waals surface area contributed by atoms with Crippen LogP contribution in [0.3, 0.4) is 0 Å². The van der Waals surface area contributed by atoms with Gasteiger partial charge in [0.15, 0.2) is 0 Å². The Hall–Kier alpha value is -1.83. The number of rotatable bonds is 6. The molecule has 1 heterocycles. The highest BCUT2D eigenvalue weighted by atomic mass is 16.5. The molecule has 1 aromatic rings. The van der Waals surface area contributed by atoms with E-state index in [4.69, 9.17) is 10.2 Å². The van der Waals surface area contributed by atoms with Crippen LogP contribution in [0.5, 0.6) is 0 Å². The third-order valence-electron chi connectivity index (χ3n) is 1.87. The highest BCUT2D eigenvalue weighted by Crippen LogP contribution is 2.12. The van der Waals surface area contributed by atoms with Gasteiger partial charge < -0.3 is 25.5 Å². The molecule has 0 aliphatic rings. The minimum atomic E-state index is -0.808. The Kier molecular flexibility index (Phi) is 4.52. The zero-order chi connectivity index (χ0) is 12.0. The molecule has 90 valence electrons. The van der Waals surface area contributed by atoms with E-state index < -0.39 is 6.09 Å². The second kappa shape index (κ2) is 5.91. The maximum absolute atomic E-state index is 10.3. The second-order valence-corrected chi connectivity index (χ2v) is 3.05. The first-order valence-corrected chi connectivity index (χ1v) is 4.80. The highest BCUT2D eigenvalue weighted by molar-refractivity contribution is 5.64. The lowest BCUT2D eigenvalue weighted by molar-refractivity contribution is 0.161. The van der Waals surface area contributed by atoms with Crippen LogP contribution >= 0.6 is 0 Å². The molecule has 1 atom stereocenters. The lowest BCUT2D eigenvalue weighted by Gasteiger charge is -2.03. The predicted molar refractivity (Wildman–Crippen MR) is 55.8 cm³/mol. The minimum absolute atomic E-state index is 0.00933. The van der Waals surface area contributed by atoms with E-state index in [2.05, 4.69) is 25.6 Å². The van der Waals surface area contributed by atoms with Gasteiger partial charge in [-0.3, -0.25) is 0 Å². The average Bonchev–Trinajstić information content (AvgIpc) is 2.71. The van der Waals surface area contributed by atoms with Gasteiger partial charge in [0.05, 0.1) is 12.6 Å². The largest absolute Gasteiger partial charge is 0.448 e. The molecule has 8 heteroatoms. The number of aromatic nitrogens is 2. The van der Waals surface area contributed by atoms with Crippen molar-refractivity contribution in [1.82, 2.24) is 15.5 Å². The molecule has 0 aliphatic heterocycles. The molecule has 1 aromatic heterocycles. The minimum Gasteiger partial charge on any atom is -0.448 e. The molecule has 16 heavy (non-hydrogen) atoms. The number of ether oxygens (including phenoxy) is 1. The standard InChI is InChI=1S/C8H15N5O3/c1-5(10-2)6-12-13-8(16-6)11-3-4-15-7(9)14/h5,10H,3-4H2,1-2H3,(H2,9,14)(H,11,13). The maximum Gasteiger partial charge on any atom is 0.404 e. The first kappa shape index (κ1) is 12.2. The molecule has 0 aliphatic carbocycles. The van der Waals surface area contributed by atoms with Crippen molar-refractivity contribution >= 4 is 12.1 Å². The van der Waals surface area contributed by atoms with Crippen molar-refractivity contribution in [3.05, 3.63) is 5.89 Å². The Morgan fingerprint density at radius 2 is 2.38 bits per heavy atom. The third-order valence-corrected chi connectivity index (χ3v) is 1.87. The number of nitrogens with one attached hydrogen (secondary N) is 2. The van der Waals surface area contributed by atoms with Gasteiger partial charge in [0.1, 0.15) is 6.61 Å². The van der Waals surface area contributed by atoms with Gasteiger partial charge in [0.25, 0.3) is 0 Å². The van der Waals surface area contributed by atoms with Gasteiger partial charge in [-0.2, -0.15) is 0 Å². The zero-order valence-corrected chi connectivity index (χ0v) is 9.19. The fraction of sp³-hybridized carbons (Fsp3) is 0.625. The van der Waals surface area contributed by atoms with Gasteiger partial charge in [-0.05, 0) is 14.0 Å². The third kappa shape index (κ3) is 3.73. The van der Waals surface area contributed by atoms with Crippen LogP contribution in [0.1, 0.15) is 18.9 Å². The number of carbonyl (C=O) groups excluding carboxylic acids is 1. The fourth-order valence-electron chi connectivity index (χ4n) is 0.914. The lowest BCUT2D eigenvalue weighted by Crippen LogP contribution is -2.18. The van der Waals surface area contributed by atoms with Crippen LogP contribution in [-0.4, -0.2) is 36.5 Å². The van der Waals surface area contributed by atoms with E-state index in [0.717, 1.165) is 0 Å². The van der Waals surface area contributed by atoms with Crippen LogP contribution in [0.2, 0.25) is 0 Å². The van der Waals surface area contributed by atoms with E-state index in [1.54, 1.807) is 7.05 Å². The second-order valence-electron chi connectivity index (χ2n) is 3.05. The summed E-state index contributed by atoms with van der Waals surface area (Å²) in [5, 5.41) is 13.4. The van der Waals surface area contributed by atoms with Crippen LogP contribution in [0, 0.1) is 0 Å². The number of nitrogens with zero attached hydrogens (tertiary/aromatic N) is 2. The van der Waals surface area contributed by atoms with Gasteiger partial charge in [-0.1, -0.05) is 5.10 Å². The number of nitrogens with two attached hydrogens (primary N) is 1. The predicted octanol–water partition coefficient (Wildman–Crippen LogP) is -0.143. The van der Waals surface area contributed by atoms with E-state index in [9.17, 15) is 4.79 Å². The summed E-state index contributed by atoms with van der Waals surface area (Å²) >= 11 is 0. The van der Waals surface area contributed by atoms with Crippen LogP contribution in [0.25, 0.3) is 0 Å². The molecule has 1 rings (SSSR count). The molecule has 4 N–H and O–H groups in total. The van der Waals surface area contributed by atoms with Crippen molar-refractivity contribution in [2.75, 3.05) is 25.5 Å². The summed E-state index contributed by atoms with van der Waals surface area (Å²) in [6.07, 6.45) is -0.808. The van der Waals surface area contributed by atoms with Crippen LogP contribution in [-0.2, 0) is 4.74 Å². The lowest BCUT2D eigenvalue weighted by atomic mass is 10.3. The van der Waals surface area contributed by atoms with Crippen molar-refractivity contribution in [1.29, 1.82) is 0 Å². The summed E-state index contributed by atoms with van der Waals surface area (Å²) in [6, 6.07) is 0.273. The van der Waals surface area contributed by atoms with E-state index >= 15 is 0 Å². The summed E-state index contributed by atoms with van der Waals surface area (Å²) < 4.78 is 9.79. The van der Waals surface area contributed by atoms with E-state index in [1.165, 1.54) is 0 Å². The van der Waals surface area contributed by atoms with Crippen LogP contribution in [0.4, 0.5) is 10.8 Å². The van der Waals surface area contributed by atoms with E-state index in [1.807, 2.05) is 6.92 Å². The van der Waals surface area contributed by atoms with Crippen molar-refractivity contribution in [2.24, 2.45) is 5.73 Å². The number of amides is 1. The van der Waals surface area contributed by atoms with Crippen LogP contribution < -0.4 is 16.4 Å². The Bertz CT molecular complexity index is 340. The first-order valence-electron chi connectivity index (χ1n) is 4.80. The fourth-order valence-corrected chi connectivity index (χ4v) is 0.914. The monoisotopic (exact) mass is 229 g/mol. The molecule has 1 amide bonds. The van der Waals surface area contributed by atoms with Crippen molar-refractivity contribution in [3.8, 4) is 0 Å². The number of primary amides is 1. The van der Waals surface area contributed by atoms with Gasteiger partial charge in [0.2, 0.25) is 5.89 Å². The molecule has 0 bridgehead atoms. The SMILES string of the molecule is CNC(C)c1nnc(NCCOC(N)=O)o1. The Balaban J connectivity index is 2.32. The van der Waals surface area contributed by atoms with E-state index in [0.29, 0.717) is 12.4 Å². The molecular formula is C8H15N5O3. The first-order chi connectivity index (χ1) is 7.63. The molecular weight excluding hydrogens is 214 g/mol. The summed E-state index contributed by atoms with van der Waals surface area (Å²) in [6.45, 7) is 2.40. The molecule has 1 unspecified atom stereocenters. The van der Waals surface area contributed by atoms with Gasteiger partial charge >= 0.3 is 12.1 Å². The molecule has 0 saturated carbocycles. The van der Waals surface area contributed by atoms with Crippen molar-refractivity contribution in [2.45, 2.75) is 13.0 Å². The molecule has 8 nitrogen and oxygen atoms in total. The topological polar surface area (TPSA) is 115 Å². The van der Waals surface area contributed by atoms with Gasteiger partial charge in [0, 0.05) is 0 Å². The summed E-state index contributed by atoms with van der Waals surface area (Å²) in [5.74, 6) is 0.487. The Labute approximate surface area is 92.5 Å². The average molecular weight is 229 g/mol. The van der Waals surface area contributed by atoms with Gasteiger partial charge in [-0.25, -0.2) is 4.79 Å². The van der Waals surface area contributed by atoms with Crippen molar-refractivity contribution in [3.63, 3.8) is 0 Å². The molecule has 0 radical (unpaired) electrons. The normalized spacial score (nSPS) is 12.1. The highest BCUT2D eigenvalue weighted by Gasteiger charge is 2.11. The van der Waals surface area contributed by atoms with E-state index in [-0.39, 0.29) is 18.7 Å².